The minimum atomic E-state index is 0.103. The fourth-order valence-electron chi connectivity index (χ4n) is 3.78. The average molecular weight is 263 g/mol. The summed E-state index contributed by atoms with van der Waals surface area (Å²) in [5.41, 5.74) is 2.19. The van der Waals surface area contributed by atoms with Crippen molar-refractivity contribution < 1.29 is 0 Å². The zero-order valence-corrected chi connectivity index (χ0v) is 14.0. The maximum Gasteiger partial charge on any atom is 0.0606 e. The van der Waals surface area contributed by atoms with Crippen molar-refractivity contribution in [3.63, 3.8) is 0 Å². The smallest absolute Gasteiger partial charge is 0.0606 e. The Morgan fingerprint density at radius 2 is 1.63 bits per heavy atom. The highest BCUT2D eigenvalue weighted by Crippen LogP contribution is 2.48. The van der Waals surface area contributed by atoms with Gasteiger partial charge in [0.1, 0.15) is 0 Å². The molecule has 110 valence electrons. The molecule has 0 unspecified atom stereocenters. The van der Waals surface area contributed by atoms with Gasteiger partial charge in [0.2, 0.25) is 0 Å². The highest BCUT2D eigenvalue weighted by molar-refractivity contribution is 5.92. The Hall–Kier alpha value is -0.330. The molecule has 0 radical (unpaired) electrons. The second kappa shape index (κ2) is 4.90. The summed E-state index contributed by atoms with van der Waals surface area (Å²) in [6.45, 7) is 14.2. The van der Waals surface area contributed by atoms with Crippen LogP contribution in [0.1, 0.15) is 86.5 Å². The van der Waals surface area contributed by atoms with E-state index >= 15 is 0 Å². The third kappa shape index (κ3) is 3.06. The molecule has 0 amide bonds. The van der Waals surface area contributed by atoms with Gasteiger partial charge in [0.15, 0.2) is 0 Å². The standard InChI is InChI=1S/C18H33N/c1-16(2,12-14-10-8-7-9-11-14)15-13-17(3,4)18(5,6)19-15/h14H,7-13H2,1-6H3. The summed E-state index contributed by atoms with van der Waals surface area (Å²) in [7, 11) is 0. The van der Waals surface area contributed by atoms with E-state index in [9.17, 15) is 0 Å². The average Bonchev–Trinajstić information content (AvgIpc) is 2.49. The van der Waals surface area contributed by atoms with E-state index in [4.69, 9.17) is 4.99 Å². The highest BCUT2D eigenvalue weighted by atomic mass is 14.9. The lowest BCUT2D eigenvalue weighted by Crippen LogP contribution is -2.33. The quantitative estimate of drug-likeness (QED) is 0.625. The first-order valence-corrected chi connectivity index (χ1v) is 8.23. The molecule has 0 atom stereocenters. The third-order valence-corrected chi connectivity index (χ3v) is 5.99. The van der Waals surface area contributed by atoms with Crippen LogP contribution in [0.4, 0.5) is 0 Å². The van der Waals surface area contributed by atoms with Gasteiger partial charge in [0.05, 0.1) is 5.54 Å². The van der Waals surface area contributed by atoms with Crippen LogP contribution in [-0.2, 0) is 0 Å². The molecule has 19 heavy (non-hydrogen) atoms. The first-order chi connectivity index (χ1) is 8.64. The number of aliphatic imine (C=N–C) groups is 1. The molecule has 0 bridgehead atoms. The molecule has 1 heteroatoms. The molecule has 0 N–H and O–H groups in total. The van der Waals surface area contributed by atoms with Gasteiger partial charge in [0.25, 0.3) is 0 Å². The van der Waals surface area contributed by atoms with Crippen LogP contribution < -0.4 is 0 Å². The topological polar surface area (TPSA) is 12.4 Å². The van der Waals surface area contributed by atoms with Crippen LogP contribution in [0.25, 0.3) is 0 Å². The van der Waals surface area contributed by atoms with Crippen LogP contribution in [0.3, 0.4) is 0 Å². The Morgan fingerprint density at radius 3 is 2.11 bits per heavy atom. The van der Waals surface area contributed by atoms with Gasteiger partial charge in [-0.1, -0.05) is 59.8 Å². The maximum absolute atomic E-state index is 5.13. The van der Waals surface area contributed by atoms with Crippen LogP contribution in [0, 0.1) is 16.7 Å². The van der Waals surface area contributed by atoms with E-state index in [2.05, 4.69) is 41.5 Å². The van der Waals surface area contributed by atoms with E-state index in [1.165, 1.54) is 50.7 Å². The molecule has 1 nitrogen and oxygen atoms in total. The molecular formula is C18H33N. The summed E-state index contributed by atoms with van der Waals surface area (Å²) in [5.74, 6) is 0.943. The molecule has 1 fully saturated rings. The maximum atomic E-state index is 5.13. The monoisotopic (exact) mass is 263 g/mol. The zero-order valence-electron chi connectivity index (χ0n) is 14.0. The number of rotatable bonds is 3. The Bertz CT molecular complexity index is 354. The van der Waals surface area contributed by atoms with Crippen molar-refractivity contribution in [2.45, 2.75) is 92.0 Å². The van der Waals surface area contributed by atoms with Gasteiger partial charge < -0.3 is 0 Å². The molecule has 0 spiro atoms. The Kier molecular flexibility index (Phi) is 3.88. The summed E-state index contributed by atoms with van der Waals surface area (Å²) >= 11 is 0. The molecule has 1 heterocycles. The van der Waals surface area contributed by atoms with E-state index in [0.717, 1.165) is 5.92 Å². The largest absolute Gasteiger partial charge is 0.287 e. The van der Waals surface area contributed by atoms with Crippen molar-refractivity contribution in [2.24, 2.45) is 21.7 Å². The van der Waals surface area contributed by atoms with Gasteiger partial charge in [-0.25, -0.2) is 0 Å². The van der Waals surface area contributed by atoms with E-state index < -0.39 is 0 Å². The minimum absolute atomic E-state index is 0.103. The summed E-state index contributed by atoms with van der Waals surface area (Å²) in [4.78, 5) is 5.13. The van der Waals surface area contributed by atoms with Crippen LogP contribution >= 0.6 is 0 Å². The van der Waals surface area contributed by atoms with Gasteiger partial charge in [-0.3, -0.25) is 4.99 Å². The van der Waals surface area contributed by atoms with Crippen molar-refractivity contribution in [2.75, 3.05) is 0 Å². The van der Waals surface area contributed by atoms with Crippen LogP contribution in [0.15, 0.2) is 4.99 Å². The van der Waals surface area contributed by atoms with E-state index in [1.807, 2.05) is 0 Å². The molecule has 0 aromatic rings. The lowest BCUT2D eigenvalue weighted by molar-refractivity contribution is 0.235. The van der Waals surface area contributed by atoms with Crippen molar-refractivity contribution in [1.82, 2.24) is 0 Å². The molecule has 1 aliphatic heterocycles. The fourth-order valence-corrected chi connectivity index (χ4v) is 3.78. The Morgan fingerprint density at radius 1 is 1.05 bits per heavy atom. The molecule has 0 aromatic carbocycles. The first kappa shape index (κ1) is 15.1. The van der Waals surface area contributed by atoms with Crippen LogP contribution in [-0.4, -0.2) is 11.3 Å². The lowest BCUT2D eigenvalue weighted by Gasteiger charge is -2.34. The van der Waals surface area contributed by atoms with Crippen LogP contribution in [0.2, 0.25) is 0 Å². The van der Waals surface area contributed by atoms with Gasteiger partial charge >= 0.3 is 0 Å². The second-order valence-electron chi connectivity index (χ2n) is 8.77. The van der Waals surface area contributed by atoms with Gasteiger partial charge in [-0.15, -0.1) is 0 Å². The lowest BCUT2D eigenvalue weighted by atomic mass is 9.69. The van der Waals surface area contributed by atoms with Gasteiger partial charge in [-0.2, -0.15) is 0 Å². The Balaban J connectivity index is 2.08. The van der Waals surface area contributed by atoms with Crippen molar-refractivity contribution in [3.8, 4) is 0 Å². The normalized spacial score (nSPS) is 27.4. The van der Waals surface area contributed by atoms with Crippen molar-refractivity contribution in [3.05, 3.63) is 0 Å². The number of nitrogens with zero attached hydrogens (tertiary/aromatic N) is 1. The molecule has 1 aliphatic carbocycles. The number of hydrogen-bond donors (Lipinski definition) is 0. The summed E-state index contributed by atoms with van der Waals surface area (Å²) < 4.78 is 0. The molecule has 2 aliphatic rings. The second-order valence-corrected chi connectivity index (χ2v) is 8.77. The minimum Gasteiger partial charge on any atom is -0.287 e. The highest BCUT2D eigenvalue weighted by Gasteiger charge is 2.46. The first-order valence-electron chi connectivity index (χ1n) is 8.23. The summed E-state index contributed by atoms with van der Waals surface area (Å²) in [6.07, 6.45) is 9.77. The predicted octanol–water partition coefficient (Wildman–Crippen LogP) is 5.63. The van der Waals surface area contributed by atoms with E-state index in [1.54, 1.807) is 0 Å². The van der Waals surface area contributed by atoms with E-state index in [-0.39, 0.29) is 5.54 Å². The zero-order chi connectivity index (χ0) is 14.3. The van der Waals surface area contributed by atoms with Gasteiger partial charge in [0, 0.05) is 11.1 Å². The molecule has 2 rings (SSSR count). The fraction of sp³-hybridized carbons (Fsp3) is 0.944. The van der Waals surface area contributed by atoms with Gasteiger partial charge in [-0.05, 0) is 38.0 Å². The summed E-state index contributed by atoms with van der Waals surface area (Å²) in [6, 6.07) is 0. The number of hydrogen-bond acceptors (Lipinski definition) is 1. The molecular weight excluding hydrogens is 230 g/mol. The SMILES string of the molecule is CC(C)(CC1CCCCC1)C1=NC(C)(C)C(C)(C)C1. The van der Waals surface area contributed by atoms with E-state index in [0.29, 0.717) is 10.8 Å². The van der Waals surface area contributed by atoms with Crippen molar-refractivity contribution in [1.29, 1.82) is 0 Å². The van der Waals surface area contributed by atoms with Crippen LogP contribution in [0.5, 0.6) is 0 Å². The third-order valence-electron chi connectivity index (χ3n) is 5.99. The molecule has 0 aromatic heterocycles. The molecule has 0 saturated heterocycles. The van der Waals surface area contributed by atoms with Crippen molar-refractivity contribution >= 4 is 5.71 Å². The molecule has 1 saturated carbocycles. The Labute approximate surface area is 120 Å². The summed E-state index contributed by atoms with van der Waals surface area (Å²) in [5, 5.41) is 0. The predicted molar refractivity (Wildman–Crippen MR) is 84.9 cm³/mol.